The van der Waals surface area contributed by atoms with E-state index >= 15 is 0 Å². The van der Waals surface area contributed by atoms with Crippen LogP contribution in [0.3, 0.4) is 0 Å². The molecule has 0 aliphatic heterocycles. The molecule has 0 fully saturated rings. The van der Waals surface area contributed by atoms with Crippen LogP contribution >= 0.6 is 31.6 Å². The predicted octanol–water partition coefficient (Wildman–Crippen LogP) is 4.00. The van der Waals surface area contributed by atoms with Gasteiger partial charge in [0.2, 0.25) is 5.88 Å². The van der Waals surface area contributed by atoms with Crippen molar-refractivity contribution in [1.82, 2.24) is 4.98 Å². The number of nitrogens with one attached hydrogen (secondary N) is 1. The maximum atomic E-state index is 11.4. The van der Waals surface area contributed by atoms with E-state index < -0.39 is 7.82 Å². The lowest BCUT2D eigenvalue weighted by Gasteiger charge is -2.08. The van der Waals surface area contributed by atoms with Gasteiger partial charge in [-0.15, -0.1) is 0 Å². The average molecular weight is 282 g/mol. The van der Waals surface area contributed by atoms with Crippen LogP contribution < -0.4 is 4.52 Å². The fraction of sp³-hybridized carbons (Fsp3) is 0. The summed E-state index contributed by atoms with van der Waals surface area (Å²) in [6.45, 7) is 0. The third-order valence-corrected chi connectivity index (χ3v) is 3.66. The summed E-state index contributed by atoms with van der Waals surface area (Å²) in [5.41, 5.74) is 0.813. The fourth-order valence-corrected chi connectivity index (χ4v) is 2.10. The molecular weight excluding hydrogens is 276 g/mol. The molecule has 0 saturated carbocycles. The van der Waals surface area contributed by atoms with Gasteiger partial charge in [-0.3, -0.25) is 0 Å². The third kappa shape index (κ3) is 2.34. The van der Waals surface area contributed by atoms with E-state index in [-0.39, 0.29) is 5.88 Å². The molecular formula is C8H6Cl2NO4P. The van der Waals surface area contributed by atoms with Crippen molar-refractivity contribution >= 4 is 42.5 Å². The van der Waals surface area contributed by atoms with Gasteiger partial charge in [0.1, 0.15) is 0 Å². The van der Waals surface area contributed by atoms with Crippen molar-refractivity contribution in [3.8, 4) is 5.88 Å². The third-order valence-electron chi connectivity index (χ3n) is 1.88. The molecule has 0 unspecified atom stereocenters. The number of rotatable bonds is 4. The first-order valence-corrected chi connectivity index (χ1v) is 6.23. The second-order valence-electron chi connectivity index (χ2n) is 2.90. The summed E-state index contributed by atoms with van der Waals surface area (Å²) in [5.74, 6) is 0.186. The highest BCUT2D eigenvalue weighted by Crippen LogP contribution is 2.51. The first-order valence-electron chi connectivity index (χ1n) is 4.15. The highest BCUT2D eigenvalue weighted by molar-refractivity contribution is 7.50. The molecule has 0 aliphatic carbocycles. The highest BCUT2D eigenvalue weighted by atomic mass is 35.5. The van der Waals surface area contributed by atoms with Crippen molar-refractivity contribution in [1.29, 1.82) is 0 Å². The van der Waals surface area contributed by atoms with Crippen molar-refractivity contribution in [3.05, 3.63) is 30.3 Å². The second-order valence-corrected chi connectivity index (χ2v) is 5.08. The van der Waals surface area contributed by atoms with Crippen molar-refractivity contribution in [3.63, 3.8) is 0 Å². The van der Waals surface area contributed by atoms with Gasteiger partial charge >= 0.3 is 7.82 Å². The number of aromatic nitrogens is 1. The molecule has 8 heteroatoms. The summed E-state index contributed by atoms with van der Waals surface area (Å²) in [5, 5.41) is 0.883. The van der Waals surface area contributed by atoms with E-state index in [0.717, 1.165) is 10.9 Å². The Morgan fingerprint density at radius 1 is 1.19 bits per heavy atom. The molecule has 5 nitrogen and oxygen atoms in total. The molecule has 1 heterocycles. The van der Waals surface area contributed by atoms with Crippen LogP contribution in [0.5, 0.6) is 5.88 Å². The number of hydrogen-bond acceptors (Lipinski definition) is 4. The van der Waals surface area contributed by atoms with E-state index in [0.29, 0.717) is 0 Å². The summed E-state index contributed by atoms with van der Waals surface area (Å²) in [4.78, 5) is 2.85. The van der Waals surface area contributed by atoms with Gasteiger partial charge < -0.3 is 9.51 Å². The average Bonchev–Trinajstić information content (AvgIpc) is 2.70. The second kappa shape index (κ2) is 4.65. The van der Waals surface area contributed by atoms with Gasteiger partial charge in [0.05, 0.1) is 23.7 Å². The lowest BCUT2D eigenvalue weighted by molar-refractivity contribution is 0.315. The Hall–Kier alpha value is -0.710. The van der Waals surface area contributed by atoms with Gasteiger partial charge in [-0.05, 0) is 6.07 Å². The van der Waals surface area contributed by atoms with Crippen molar-refractivity contribution in [2.45, 2.75) is 0 Å². The lowest BCUT2D eigenvalue weighted by Crippen LogP contribution is -1.92. The number of para-hydroxylation sites is 1. The van der Waals surface area contributed by atoms with E-state index in [1.54, 1.807) is 6.07 Å². The normalized spacial score (nSPS) is 11.9. The van der Waals surface area contributed by atoms with Crippen LogP contribution in [0.25, 0.3) is 10.9 Å². The molecule has 0 amide bonds. The predicted molar refractivity (Wildman–Crippen MR) is 60.4 cm³/mol. The van der Waals surface area contributed by atoms with Gasteiger partial charge in [-0.1, -0.05) is 18.2 Å². The smallest absolute Gasteiger partial charge is 0.386 e. The van der Waals surface area contributed by atoms with Gasteiger partial charge in [-0.2, -0.15) is 8.15 Å². The van der Waals surface area contributed by atoms with E-state index in [9.17, 15) is 4.57 Å². The molecule has 86 valence electrons. The molecule has 1 N–H and O–H groups in total. The zero-order valence-electron chi connectivity index (χ0n) is 7.72. The maximum absolute atomic E-state index is 11.4. The first-order chi connectivity index (χ1) is 7.67. The highest BCUT2D eigenvalue weighted by Gasteiger charge is 2.29. The monoisotopic (exact) mass is 281 g/mol. The number of H-pyrrole nitrogens is 1. The maximum Gasteiger partial charge on any atom is 0.564 e. The van der Waals surface area contributed by atoms with Crippen LogP contribution in [0.2, 0.25) is 0 Å². The molecule has 0 spiro atoms. The molecule has 2 rings (SSSR count). The first kappa shape index (κ1) is 11.8. The zero-order chi connectivity index (χ0) is 11.6. The molecule has 0 saturated heterocycles. The van der Waals surface area contributed by atoms with Gasteiger partial charge in [-0.25, -0.2) is 4.57 Å². The van der Waals surface area contributed by atoms with Crippen molar-refractivity contribution in [2.75, 3.05) is 0 Å². The summed E-state index contributed by atoms with van der Waals surface area (Å²) in [7, 11) is -3.96. The number of halogens is 2. The molecule has 0 radical (unpaired) electrons. The van der Waals surface area contributed by atoms with Gasteiger partial charge in [0.15, 0.2) is 0 Å². The molecule has 1 aromatic heterocycles. The Morgan fingerprint density at radius 3 is 2.50 bits per heavy atom. The van der Waals surface area contributed by atoms with Crippen LogP contribution in [-0.2, 0) is 12.7 Å². The minimum atomic E-state index is -3.96. The Balaban J connectivity index is 2.31. The number of fused-ring (bicyclic) bond motifs is 1. The summed E-state index contributed by atoms with van der Waals surface area (Å²) in [6.07, 6.45) is 0. The van der Waals surface area contributed by atoms with Gasteiger partial charge in [0.25, 0.3) is 0 Å². The molecule has 2 aromatic rings. The van der Waals surface area contributed by atoms with Crippen LogP contribution in [0.4, 0.5) is 0 Å². The fourth-order valence-electron chi connectivity index (χ4n) is 1.26. The summed E-state index contributed by atoms with van der Waals surface area (Å²) in [6, 6.07) is 9.00. The standard InChI is InChI=1S/C8H6Cl2NO4P/c9-14-16(12,15-10)13-8-5-6-3-1-2-4-7(6)11-8/h1-5,11H. The number of aromatic amines is 1. The molecule has 16 heavy (non-hydrogen) atoms. The Bertz CT molecular complexity index is 503. The minimum absolute atomic E-state index is 0.186. The molecule has 0 atom stereocenters. The number of benzene rings is 1. The Morgan fingerprint density at radius 2 is 1.88 bits per heavy atom. The van der Waals surface area contributed by atoms with Gasteiger partial charge in [0, 0.05) is 17.0 Å². The quantitative estimate of drug-likeness (QED) is 0.861. The SMILES string of the molecule is O=P(OCl)(OCl)Oc1cc2ccccc2[nH]1. The van der Waals surface area contributed by atoms with Crippen LogP contribution in [0.1, 0.15) is 0 Å². The van der Waals surface area contributed by atoms with Crippen LogP contribution in [0.15, 0.2) is 30.3 Å². The number of hydrogen-bond donors (Lipinski definition) is 1. The lowest BCUT2D eigenvalue weighted by atomic mass is 10.3. The minimum Gasteiger partial charge on any atom is -0.386 e. The largest absolute Gasteiger partial charge is 0.564 e. The Labute approximate surface area is 101 Å². The van der Waals surface area contributed by atoms with E-state index in [2.05, 4.69) is 13.1 Å². The Kier molecular flexibility index (Phi) is 3.42. The summed E-state index contributed by atoms with van der Waals surface area (Å²) >= 11 is 9.89. The molecule has 1 aromatic carbocycles. The van der Waals surface area contributed by atoms with E-state index in [1.165, 1.54) is 0 Å². The zero-order valence-corrected chi connectivity index (χ0v) is 10.1. The van der Waals surface area contributed by atoms with E-state index in [4.69, 9.17) is 28.3 Å². The van der Waals surface area contributed by atoms with E-state index in [1.807, 2.05) is 24.3 Å². The number of phosphoric acid groups is 1. The van der Waals surface area contributed by atoms with Crippen LogP contribution in [0, 0.1) is 0 Å². The van der Waals surface area contributed by atoms with Crippen LogP contribution in [-0.4, -0.2) is 4.98 Å². The topological polar surface area (TPSA) is 60.6 Å². The summed E-state index contributed by atoms with van der Waals surface area (Å²) < 4.78 is 24.4. The molecule has 0 bridgehead atoms. The van der Waals surface area contributed by atoms with Crippen molar-refractivity contribution < 1.29 is 17.2 Å². The van der Waals surface area contributed by atoms with Crippen molar-refractivity contribution in [2.24, 2.45) is 0 Å². The molecule has 0 aliphatic rings.